The van der Waals surface area contributed by atoms with E-state index in [-0.39, 0.29) is 0 Å². The molecule has 1 N–H and O–H groups in total. The van der Waals surface area contributed by atoms with Crippen molar-refractivity contribution in [2.24, 2.45) is 0 Å². The number of rotatable bonds is 8. The molecule has 0 unspecified atom stereocenters. The standard InChI is InChI=1S/C10H19ClF2NO4P/c1-7(2)17-19(16,18-8(3)4)10(12,13)6-14-9(15)5-11/h7-8H,5-6H2,1-4H3,(H,14,15). The van der Waals surface area contributed by atoms with E-state index >= 15 is 0 Å². The molecular weight excluding hydrogens is 303 g/mol. The van der Waals surface area contributed by atoms with Crippen LogP contribution < -0.4 is 5.32 Å². The minimum absolute atomic E-state index is 0.462. The Morgan fingerprint density at radius 1 is 1.26 bits per heavy atom. The first-order chi connectivity index (χ1) is 8.54. The summed E-state index contributed by atoms with van der Waals surface area (Å²) in [4.78, 5) is 10.9. The maximum atomic E-state index is 13.9. The van der Waals surface area contributed by atoms with Crippen molar-refractivity contribution in [3.05, 3.63) is 0 Å². The van der Waals surface area contributed by atoms with E-state index in [9.17, 15) is 18.1 Å². The minimum Gasteiger partial charge on any atom is -0.348 e. The van der Waals surface area contributed by atoms with Gasteiger partial charge in [0.25, 0.3) is 0 Å². The number of alkyl halides is 3. The van der Waals surface area contributed by atoms with E-state index in [1.54, 1.807) is 0 Å². The molecule has 0 heterocycles. The summed E-state index contributed by atoms with van der Waals surface area (Å²) in [5.74, 6) is -1.25. The smallest absolute Gasteiger partial charge is 0.348 e. The zero-order valence-corrected chi connectivity index (χ0v) is 12.9. The topological polar surface area (TPSA) is 64.6 Å². The quantitative estimate of drug-likeness (QED) is 0.551. The number of hydrogen-bond donors (Lipinski definition) is 1. The minimum atomic E-state index is -4.69. The number of carbonyl (C=O) groups excluding carboxylic acids is 1. The van der Waals surface area contributed by atoms with Crippen LogP contribution in [0, 0.1) is 0 Å². The molecule has 0 aromatic carbocycles. The highest BCUT2D eigenvalue weighted by molar-refractivity contribution is 7.55. The average Bonchev–Trinajstić information content (AvgIpc) is 2.23. The fourth-order valence-corrected chi connectivity index (χ4v) is 2.92. The maximum absolute atomic E-state index is 13.9. The Morgan fingerprint density at radius 3 is 2.00 bits per heavy atom. The van der Waals surface area contributed by atoms with Crippen molar-refractivity contribution in [3.8, 4) is 0 Å². The summed E-state index contributed by atoms with van der Waals surface area (Å²) in [6, 6.07) is 0. The molecule has 114 valence electrons. The van der Waals surface area contributed by atoms with Gasteiger partial charge in [0.1, 0.15) is 5.88 Å². The van der Waals surface area contributed by atoms with Gasteiger partial charge in [0.15, 0.2) is 0 Å². The molecule has 0 atom stereocenters. The predicted molar refractivity (Wildman–Crippen MR) is 68.7 cm³/mol. The summed E-state index contributed by atoms with van der Waals surface area (Å²) >= 11 is 5.18. The molecule has 0 radical (unpaired) electrons. The second-order valence-electron chi connectivity index (χ2n) is 4.38. The predicted octanol–water partition coefficient (Wildman–Crippen LogP) is 2.98. The summed E-state index contributed by atoms with van der Waals surface area (Å²) in [5.41, 5.74) is -3.83. The molecule has 0 aromatic rings. The molecule has 0 saturated heterocycles. The zero-order valence-electron chi connectivity index (χ0n) is 11.3. The molecule has 0 rings (SSSR count). The lowest BCUT2D eigenvalue weighted by Crippen LogP contribution is -2.38. The lowest BCUT2D eigenvalue weighted by molar-refractivity contribution is -0.119. The second-order valence-corrected chi connectivity index (χ2v) is 6.72. The highest BCUT2D eigenvalue weighted by Crippen LogP contribution is 2.62. The first-order valence-corrected chi connectivity index (χ1v) is 7.79. The first-order valence-electron chi connectivity index (χ1n) is 5.71. The third kappa shape index (κ3) is 6.17. The summed E-state index contributed by atoms with van der Waals surface area (Å²) < 4.78 is 49.6. The van der Waals surface area contributed by atoms with Crippen molar-refractivity contribution < 1.29 is 27.2 Å². The van der Waals surface area contributed by atoms with E-state index < -0.39 is 43.8 Å². The van der Waals surface area contributed by atoms with Gasteiger partial charge in [-0.25, -0.2) is 0 Å². The molecule has 19 heavy (non-hydrogen) atoms. The summed E-state index contributed by atoms with van der Waals surface area (Å²) in [7, 11) is -4.69. The Balaban J connectivity index is 5.00. The molecule has 0 saturated carbocycles. The summed E-state index contributed by atoms with van der Waals surface area (Å²) in [6.45, 7) is 4.69. The fraction of sp³-hybridized carbons (Fsp3) is 0.900. The van der Waals surface area contributed by atoms with Crippen LogP contribution in [-0.2, 0) is 18.4 Å². The van der Waals surface area contributed by atoms with Crippen molar-refractivity contribution in [2.75, 3.05) is 12.4 Å². The third-order valence-corrected chi connectivity index (χ3v) is 4.32. The van der Waals surface area contributed by atoms with E-state index in [0.29, 0.717) is 0 Å². The third-order valence-electron chi connectivity index (χ3n) is 1.72. The van der Waals surface area contributed by atoms with Gasteiger partial charge in [-0.1, -0.05) is 0 Å². The zero-order chi connectivity index (χ0) is 15.3. The van der Waals surface area contributed by atoms with E-state index in [0.717, 1.165) is 0 Å². The number of hydrogen-bond acceptors (Lipinski definition) is 4. The first kappa shape index (κ1) is 18.8. The van der Waals surface area contributed by atoms with Crippen molar-refractivity contribution in [1.29, 1.82) is 0 Å². The Hall–Kier alpha value is -0.230. The van der Waals surface area contributed by atoms with Crippen LogP contribution in [0.15, 0.2) is 0 Å². The molecule has 0 fully saturated rings. The lowest BCUT2D eigenvalue weighted by atomic mass is 10.5. The largest absolute Gasteiger partial charge is 0.402 e. The molecule has 0 bridgehead atoms. The molecule has 1 amide bonds. The van der Waals surface area contributed by atoms with Crippen molar-refractivity contribution in [1.82, 2.24) is 5.32 Å². The lowest BCUT2D eigenvalue weighted by Gasteiger charge is -2.29. The molecular formula is C10H19ClF2NO4P. The normalized spacial score (nSPS) is 13.1. The van der Waals surface area contributed by atoms with Gasteiger partial charge in [-0.2, -0.15) is 8.78 Å². The molecule has 0 aliphatic rings. The maximum Gasteiger partial charge on any atom is 0.402 e. The van der Waals surface area contributed by atoms with Gasteiger partial charge in [-0.15, -0.1) is 11.6 Å². The van der Waals surface area contributed by atoms with Crippen LogP contribution in [0.5, 0.6) is 0 Å². The van der Waals surface area contributed by atoms with E-state index in [2.05, 4.69) is 0 Å². The number of nitrogens with one attached hydrogen (secondary N) is 1. The number of carbonyl (C=O) groups is 1. The van der Waals surface area contributed by atoms with Crippen LogP contribution in [0.4, 0.5) is 8.78 Å². The molecule has 0 aliphatic heterocycles. The van der Waals surface area contributed by atoms with Crippen LogP contribution in [0.3, 0.4) is 0 Å². The number of amides is 1. The van der Waals surface area contributed by atoms with Crippen molar-refractivity contribution in [3.63, 3.8) is 0 Å². The molecule has 0 aliphatic carbocycles. The summed E-state index contributed by atoms with van der Waals surface area (Å²) in [5, 5.41) is 1.87. The Kier molecular flexibility index (Phi) is 7.43. The van der Waals surface area contributed by atoms with Crippen LogP contribution in [-0.4, -0.2) is 36.2 Å². The van der Waals surface area contributed by atoms with Gasteiger partial charge < -0.3 is 14.4 Å². The van der Waals surface area contributed by atoms with Crippen LogP contribution in [0.25, 0.3) is 0 Å². The molecule has 0 spiro atoms. The van der Waals surface area contributed by atoms with E-state index in [1.165, 1.54) is 27.7 Å². The molecule has 5 nitrogen and oxygen atoms in total. The van der Waals surface area contributed by atoms with Gasteiger partial charge >= 0.3 is 13.3 Å². The fourth-order valence-electron chi connectivity index (χ4n) is 1.08. The second kappa shape index (κ2) is 7.53. The average molecular weight is 322 g/mol. The molecule has 9 heteroatoms. The van der Waals surface area contributed by atoms with Crippen molar-refractivity contribution in [2.45, 2.75) is 45.6 Å². The Labute approximate surface area is 116 Å². The highest BCUT2D eigenvalue weighted by Gasteiger charge is 2.54. The van der Waals surface area contributed by atoms with Gasteiger partial charge in [-0.05, 0) is 27.7 Å². The van der Waals surface area contributed by atoms with Crippen LogP contribution in [0.2, 0.25) is 0 Å². The van der Waals surface area contributed by atoms with Crippen molar-refractivity contribution >= 4 is 25.1 Å². The Morgan fingerprint density at radius 2 is 1.68 bits per heavy atom. The highest BCUT2D eigenvalue weighted by atomic mass is 35.5. The van der Waals surface area contributed by atoms with E-state index in [1.807, 2.05) is 5.32 Å². The van der Waals surface area contributed by atoms with Gasteiger partial charge in [-0.3, -0.25) is 9.36 Å². The van der Waals surface area contributed by atoms with Gasteiger partial charge in [0.05, 0.1) is 18.8 Å². The number of halogens is 3. The van der Waals surface area contributed by atoms with Gasteiger partial charge in [0.2, 0.25) is 5.91 Å². The van der Waals surface area contributed by atoms with Crippen LogP contribution in [0.1, 0.15) is 27.7 Å². The monoisotopic (exact) mass is 321 g/mol. The van der Waals surface area contributed by atoms with Crippen LogP contribution >= 0.6 is 19.2 Å². The van der Waals surface area contributed by atoms with Gasteiger partial charge in [0, 0.05) is 0 Å². The summed E-state index contributed by atoms with van der Waals surface area (Å²) in [6.07, 6.45) is -1.42. The van der Waals surface area contributed by atoms with E-state index in [4.69, 9.17) is 20.6 Å². The Bertz CT molecular complexity index is 338. The SMILES string of the molecule is CC(C)OP(=O)(OC(C)C)C(F)(F)CNC(=O)CCl. The molecule has 0 aromatic heterocycles.